The van der Waals surface area contributed by atoms with Gasteiger partial charge in [-0.05, 0) is 51.3 Å². The molecular weight excluding hydrogens is 451 g/mol. The first-order chi connectivity index (χ1) is 15.8. The second kappa shape index (κ2) is 9.31. The molecular formula is C31H47O3P. The normalized spacial score (nSPS) is 13.6. The maximum atomic E-state index is 6.68. The fourth-order valence-corrected chi connectivity index (χ4v) is 5.39. The van der Waals surface area contributed by atoms with Crippen LogP contribution in [0.3, 0.4) is 0 Å². The first-order valence-corrected chi connectivity index (χ1v) is 14.1. The van der Waals surface area contributed by atoms with Crippen molar-refractivity contribution in [2.24, 2.45) is 0 Å². The highest BCUT2D eigenvalue weighted by molar-refractivity contribution is 7.31. The Morgan fingerprint density at radius 3 is 1.26 bits per heavy atom. The van der Waals surface area contributed by atoms with Crippen LogP contribution < -0.4 is 4.52 Å². The third kappa shape index (κ3) is 6.00. The SMILES string of the molecule is CCCOp1oc2c(C(C)(C)C)cc(C(C)(C)C)cc2c2cc(C(C)(C)C)cc(C(C)(C)C)c2o1. The summed E-state index contributed by atoms with van der Waals surface area (Å²) in [5.74, 6) is 0. The highest BCUT2D eigenvalue weighted by Crippen LogP contribution is 2.44. The molecule has 1 aromatic heterocycles. The molecule has 0 atom stereocenters. The fraction of sp³-hybridized carbons (Fsp3) is 0.613. The zero-order chi connectivity index (χ0) is 26.6. The molecule has 3 nitrogen and oxygen atoms in total. The van der Waals surface area contributed by atoms with Crippen LogP contribution in [0.25, 0.3) is 21.9 Å². The fourth-order valence-electron chi connectivity index (χ4n) is 4.22. The van der Waals surface area contributed by atoms with Crippen molar-refractivity contribution in [3.63, 3.8) is 0 Å². The Labute approximate surface area is 214 Å². The highest BCUT2D eigenvalue weighted by atomic mass is 31.1. The molecule has 0 unspecified atom stereocenters. The Hall–Kier alpha value is -1.70. The molecule has 1 heterocycles. The molecule has 0 aliphatic carbocycles. The largest absolute Gasteiger partial charge is 0.399 e. The van der Waals surface area contributed by atoms with E-state index in [0.717, 1.165) is 28.4 Å². The molecule has 4 heteroatoms. The van der Waals surface area contributed by atoms with Gasteiger partial charge in [0.1, 0.15) is 11.2 Å². The van der Waals surface area contributed by atoms with Crippen LogP contribution in [0, 0.1) is 0 Å². The Kier molecular flexibility index (Phi) is 7.42. The lowest BCUT2D eigenvalue weighted by atomic mass is 9.77. The van der Waals surface area contributed by atoms with Gasteiger partial charge >= 0.3 is 8.24 Å². The average molecular weight is 499 g/mol. The van der Waals surface area contributed by atoms with E-state index in [0.29, 0.717) is 6.61 Å². The Bertz CT molecular complexity index is 1160. The summed E-state index contributed by atoms with van der Waals surface area (Å²) in [7, 11) is -1.58. The number of hydrogen-bond acceptors (Lipinski definition) is 3. The van der Waals surface area contributed by atoms with Crippen LogP contribution in [0.5, 0.6) is 0 Å². The van der Waals surface area contributed by atoms with Crippen LogP contribution >= 0.6 is 8.24 Å². The van der Waals surface area contributed by atoms with E-state index >= 15 is 0 Å². The first kappa shape index (κ1) is 27.9. The zero-order valence-corrected chi connectivity index (χ0v) is 25.3. The van der Waals surface area contributed by atoms with Crippen molar-refractivity contribution in [3.05, 3.63) is 46.5 Å². The van der Waals surface area contributed by atoms with E-state index in [9.17, 15) is 0 Å². The summed E-state index contributed by atoms with van der Waals surface area (Å²) in [6, 6.07) is 9.31. The number of hydrogen-bond donors (Lipinski definition) is 0. The van der Waals surface area contributed by atoms with Crippen molar-refractivity contribution < 1.29 is 12.9 Å². The van der Waals surface area contributed by atoms with Crippen LogP contribution in [0.2, 0.25) is 0 Å². The van der Waals surface area contributed by atoms with Gasteiger partial charge < -0.3 is 8.39 Å². The molecule has 2 aromatic carbocycles. The summed E-state index contributed by atoms with van der Waals surface area (Å²) in [5.41, 5.74) is 6.59. The molecule has 0 N–H and O–H groups in total. The van der Waals surface area contributed by atoms with Gasteiger partial charge in [0.25, 0.3) is 0 Å². The maximum Gasteiger partial charge on any atom is 0.387 e. The second-order valence-electron chi connectivity index (χ2n) is 14.0. The standard InChI is InChI=1S/C31H47O3P/c1-14-15-32-35-33-26-22(16-20(28(2,3)4)18-24(26)30(8,9)10)23-17-21(29(5,6)7)19-25(27(23)34-35)31(11,12)13/h16-19H,14-15H2,1-13H3. The van der Waals surface area contributed by atoms with E-state index in [2.05, 4.69) is 114 Å². The zero-order valence-electron chi connectivity index (χ0n) is 24.4. The number of rotatable bonds is 3. The number of fused-ring (bicyclic) bond motifs is 3. The monoisotopic (exact) mass is 498 g/mol. The second-order valence-corrected chi connectivity index (χ2v) is 15.1. The molecule has 0 amide bonds. The molecule has 0 saturated carbocycles. The number of benzene rings is 2. The molecule has 0 saturated heterocycles. The lowest BCUT2D eigenvalue weighted by Gasteiger charge is -2.27. The van der Waals surface area contributed by atoms with Gasteiger partial charge in [0.05, 0.1) is 6.61 Å². The first-order valence-electron chi connectivity index (χ1n) is 13.0. The van der Waals surface area contributed by atoms with Crippen molar-refractivity contribution in [1.82, 2.24) is 0 Å². The smallest absolute Gasteiger partial charge is 0.387 e. The van der Waals surface area contributed by atoms with Crippen LogP contribution in [0.1, 0.15) is 119 Å². The summed E-state index contributed by atoms with van der Waals surface area (Å²) in [6.07, 6.45) is 0.912. The van der Waals surface area contributed by atoms with Crippen LogP contribution in [-0.2, 0) is 21.7 Å². The van der Waals surface area contributed by atoms with E-state index in [1.165, 1.54) is 22.3 Å². The quantitative estimate of drug-likeness (QED) is 0.360. The topological polar surface area (TPSA) is 35.5 Å². The van der Waals surface area contributed by atoms with Gasteiger partial charge in [0.15, 0.2) is 0 Å². The van der Waals surface area contributed by atoms with Crippen LogP contribution in [-0.4, -0.2) is 6.61 Å². The predicted molar refractivity (Wildman–Crippen MR) is 153 cm³/mol. The minimum atomic E-state index is -1.58. The molecule has 0 bridgehead atoms. The van der Waals surface area contributed by atoms with Gasteiger partial charge in [-0.2, -0.15) is 0 Å². The van der Waals surface area contributed by atoms with E-state index in [-0.39, 0.29) is 21.7 Å². The third-order valence-electron chi connectivity index (χ3n) is 6.55. The minimum absolute atomic E-state index is 0.000292. The maximum absolute atomic E-state index is 6.68. The molecule has 0 radical (unpaired) electrons. The van der Waals surface area contributed by atoms with Gasteiger partial charge in [-0.25, -0.2) is 0 Å². The lowest BCUT2D eigenvalue weighted by Crippen LogP contribution is -2.17. The molecule has 3 rings (SSSR count). The molecule has 0 aliphatic heterocycles. The Morgan fingerprint density at radius 2 is 0.971 bits per heavy atom. The van der Waals surface area contributed by atoms with Gasteiger partial charge in [-0.1, -0.05) is 102 Å². The lowest BCUT2D eigenvalue weighted by molar-refractivity contribution is 0.370. The van der Waals surface area contributed by atoms with Gasteiger partial charge in [-0.15, -0.1) is 0 Å². The molecule has 194 valence electrons. The summed E-state index contributed by atoms with van der Waals surface area (Å²) in [4.78, 5) is 0. The van der Waals surface area contributed by atoms with E-state index in [1.54, 1.807) is 0 Å². The summed E-state index contributed by atoms with van der Waals surface area (Å²) in [5, 5.41) is 2.22. The minimum Gasteiger partial charge on any atom is -0.399 e. The van der Waals surface area contributed by atoms with Crippen molar-refractivity contribution in [3.8, 4) is 0 Å². The summed E-state index contributed by atoms with van der Waals surface area (Å²) in [6.45, 7) is 29.9. The van der Waals surface area contributed by atoms with E-state index in [4.69, 9.17) is 12.9 Å². The van der Waals surface area contributed by atoms with Gasteiger partial charge in [-0.3, -0.25) is 4.52 Å². The average Bonchev–Trinajstić information content (AvgIpc) is 2.84. The molecule has 0 fully saturated rings. The molecule has 0 aliphatic rings. The van der Waals surface area contributed by atoms with Crippen molar-refractivity contribution in [1.29, 1.82) is 0 Å². The van der Waals surface area contributed by atoms with Crippen molar-refractivity contribution in [2.45, 2.75) is 118 Å². The van der Waals surface area contributed by atoms with E-state index in [1.807, 2.05) is 0 Å². The van der Waals surface area contributed by atoms with Gasteiger partial charge in [0.2, 0.25) is 0 Å². The molecule has 0 spiro atoms. The van der Waals surface area contributed by atoms with E-state index < -0.39 is 8.24 Å². The van der Waals surface area contributed by atoms with Crippen LogP contribution in [0.15, 0.2) is 32.7 Å². The summed E-state index contributed by atoms with van der Waals surface area (Å²) >= 11 is 0. The predicted octanol–water partition coefficient (Wildman–Crippen LogP) is 10.3. The Balaban J connectivity index is 2.72. The molecule has 3 aromatic rings. The van der Waals surface area contributed by atoms with Gasteiger partial charge in [0, 0.05) is 21.9 Å². The highest BCUT2D eigenvalue weighted by Gasteiger charge is 2.28. The van der Waals surface area contributed by atoms with Crippen molar-refractivity contribution in [2.75, 3.05) is 6.61 Å². The Morgan fingerprint density at radius 1 is 0.600 bits per heavy atom. The summed E-state index contributed by atoms with van der Waals surface area (Å²) < 4.78 is 19.5. The van der Waals surface area contributed by atoms with Crippen LogP contribution in [0.4, 0.5) is 0 Å². The third-order valence-corrected chi connectivity index (χ3v) is 7.61. The molecule has 35 heavy (non-hydrogen) atoms. The van der Waals surface area contributed by atoms with Crippen molar-refractivity contribution >= 4 is 30.2 Å².